The molecule has 7 nitrogen and oxygen atoms in total. The number of carboxylic acids is 1. The number of carboxylic acid groups (broad SMARTS) is 1. The SMILES string of the molecule is C[C@H]([NH3+])C(=O)O.[O]=[Re](=[O])(=[O])[O-]. The number of quaternary nitrogens is 1. The normalized spacial score (nSPS) is 12.6. The Morgan fingerprint density at radius 1 is 1.55 bits per heavy atom. The Morgan fingerprint density at radius 3 is 1.64 bits per heavy atom. The minimum atomic E-state index is -6.11. The van der Waals surface area contributed by atoms with Crippen molar-refractivity contribution in [2.24, 2.45) is 0 Å². The maximum absolute atomic E-state index is 9.64. The zero-order valence-electron chi connectivity index (χ0n) is 5.65. The fraction of sp³-hybridized carbons (Fsp3) is 0.667. The summed E-state index contributed by atoms with van der Waals surface area (Å²) in [6, 6.07) is -0.481. The Hall–Kier alpha value is -0.548. The molecule has 0 aliphatic heterocycles. The summed E-state index contributed by atoms with van der Waals surface area (Å²) in [5, 5.41) is 7.93. The number of hydrogen-bond acceptors (Lipinski definition) is 5. The average Bonchev–Trinajstić information content (AvgIpc) is 1.59. The number of hydrogen-bond donors (Lipinski definition) is 2. The van der Waals surface area contributed by atoms with E-state index in [4.69, 9.17) is 19.3 Å². The summed E-state index contributed by atoms with van der Waals surface area (Å²) < 4.78 is 34.6. The van der Waals surface area contributed by atoms with E-state index in [-0.39, 0.29) is 0 Å². The molecule has 68 valence electrons. The van der Waals surface area contributed by atoms with Gasteiger partial charge in [-0.3, -0.25) is 0 Å². The van der Waals surface area contributed by atoms with E-state index in [2.05, 4.69) is 5.73 Å². The van der Waals surface area contributed by atoms with Gasteiger partial charge in [-0.2, -0.15) is 0 Å². The molecular weight excluding hydrogens is 332 g/mol. The average molecular weight is 340 g/mol. The molecule has 0 aliphatic carbocycles. The van der Waals surface area contributed by atoms with Crippen molar-refractivity contribution in [2.45, 2.75) is 13.0 Å². The van der Waals surface area contributed by atoms with Crippen LogP contribution in [-0.2, 0) is 31.0 Å². The molecule has 0 radical (unpaired) electrons. The van der Waals surface area contributed by atoms with Gasteiger partial charge in [0.2, 0.25) is 0 Å². The number of rotatable bonds is 1. The molecule has 0 bridgehead atoms. The number of carbonyl (C=O) groups is 1. The van der Waals surface area contributed by atoms with Crippen molar-refractivity contribution in [3.05, 3.63) is 0 Å². The van der Waals surface area contributed by atoms with Gasteiger partial charge in [0.1, 0.15) is 0 Å². The second-order valence-electron chi connectivity index (χ2n) is 1.62. The molecule has 0 rings (SSSR count). The predicted octanol–water partition coefficient (Wildman–Crippen LogP) is -2.85. The van der Waals surface area contributed by atoms with Crippen molar-refractivity contribution in [3.8, 4) is 0 Å². The van der Waals surface area contributed by atoms with Crippen LogP contribution in [0.1, 0.15) is 6.92 Å². The van der Waals surface area contributed by atoms with Crippen molar-refractivity contribution in [1.82, 2.24) is 0 Å². The quantitative estimate of drug-likeness (QED) is 0.527. The molecule has 0 fully saturated rings. The Kier molecular flexibility index (Phi) is 6.12. The zero-order chi connectivity index (χ0) is 9.65. The third-order valence-electron chi connectivity index (χ3n) is 0.422. The van der Waals surface area contributed by atoms with E-state index in [1.807, 2.05) is 0 Å². The van der Waals surface area contributed by atoms with Gasteiger partial charge in [-0.1, -0.05) is 0 Å². The van der Waals surface area contributed by atoms with Crippen LogP contribution in [0.2, 0.25) is 0 Å². The Labute approximate surface area is 65.2 Å². The van der Waals surface area contributed by atoms with Crippen molar-refractivity contribution >= 4 is 5.97 Å². The molecule has 0 saturated heterocycles. The van der Waals surface area contributed by atoms with Crippen molar-refractivity contribution in [2.75, 3.05) is 0 Å². The van der Waals surface area contributed by atoms with Gasteiger partial charge in [-0.25, -0.2) is 4.79 Å². The van der Waals surface area contributed by atoms with Gasteiger partial charge < -0.3 is 10.8 Å². The summed E-state index contributed by atoms with van der Waals surface area (Å²) >= 11 is -6.11. The second-order valence-corrected chi connectivity index (χ2v) is 4.33. The second kappa shape index (κ2) is 5.15. The summed E-state index contributed by atoms with van der Waals surface area (Å²) in [6.07, 6.45) is 0. The van der Waals surface area contributed by atoms with Gasteiger partial charge in [0.25, 0.3) is 0 Å². The van der Waals surface area contributed by atoms with Crippen LogP contribution in [0.25, 0.3) is 0 Å². The molecule has 0 heterocycles. The maximum atomic E-state index is 9.64. The molecule has 0 amide bonds. The number of aliphatic carboxylic acids is 1. The van der Waals surface area contributed by atoms with E-state index in [0.29, 0.717) is 0 Å². The van der Waals surface area contributed by atoms with E-state index >= 15 is 0 Å². The molecular formula is C3H8NO6Re. The molecule has 0 unspecified atom stereocenters. The molecule has 8 heteroatoms. The van der Waals surface area contributed by atoms with Crippen molar-refractivity contribution in [3.63, 3.8) is 0 Å². The third-order valence-corrected chi connectivity index (χ3v) is 0.422. The van der Waals surface area contributed by atoms with Crippen molar-refractivity contribution in [1.29, 1.82) is 0 Å². The van der Waals surface area contributed by atoms with Crippen LogP contribution in [0.5, 0.6) is 0 Å². The van der Waals surface area contributed by atoms with Crippen molar-refractivity contribution < 1.29 is 45.7 Å². The van der Waals surface area contributed by atoms with Crippen LogP contribution < -0.4 is 9.56 Å². The van der Waals surface area contributed by atoms with Crippen LogP contribution >= 0.6 is 0 Å². The summed E-state index contributed by atoms with van der Waals surface area (Å²) in [5.74, 6) is -0.852. The van der Waals surface area contributed by atoms with Gasteiger partial charge in [0.05, 0.1) is 0 Å². The first kappa shape index (κ1) is 13.1. The van der Waals surface area contributed by atoms with Crippen LogP contribution in [0.3, 0.4) is 0 Å². The Balaban J connectivity index is 0. The third kappa shape index (κ3) is 44.0. The van der Waals surface area contributed by atoms with Crippen LogP contribution in [0, 0.1) is 0 Å². The molecule has 0 aromatic carbocycles. The molecule has 0 aliphatic rings. The molecule has 0 aromatic rings. The predicted molar refractivity (Wildman–Crippen MR) is 22.0 cm³/mol. The molecule has 1 atom stereocenters. The summed E-state index contributed by atoms with van der Waals surface area (Å²) in [4.78, 5) is 9.64. The molecule has 0 aromatic heterocycles. The fourth-order valence-corrected chi connectivity index (χ4v) is 0. The van der Waals surface area contributed by atoms with Crippen LogP contribution in [0.4, 0.5) is 0 Å². The van der Waals surface area contributed by atoms with Gasteiger partial charge in [0.15, 0.2) is 6.04 Å². The topological polar surface area (TPSA) is 139 Å². The first-order valence-electron chi connectivity index (χ1n) is 2.32. The van der Waals surface area contributed by atoms with Gasteiger partial charge in [-0.05, 0) is 6.92 Å². The first-order chi connectivity index (χ1) is 4.64. The van der Waals surface area contributed by atoms with Gasteiger partial charge >= 0.3 is 36.0 Å². The van der Waals surface area contributed by atoms with E-state index in [1.54, 1.807) is 0 Å². The van der Waals surface area contributed by atoms with E-state index in [9.17, 15) is 4.79 Å². The van der Waals surface area contributed by atoms with E-state index < -0.39 is 27.8 Å². The summed E-state index contributed by atoms with van der Waals surface area (Å²) in [7, 11) is 0. The minimum absolute atomic E-state index is 0.481. The van der Waals surface area contributed by atoms with Crippen LogP contribution in [-0.4, -0.2) is 17.1 Å². The standard InChI is InChI=1S/C3H7NO2.4O.Re/c1-2(4)3(5)6;;;;;/h2H,4H2,1H3,(H,5,6);;;;;/q;;;;-1;/p+1/t2-;;;;;/m0...../s1. The fourth-order valence-electron chi connectivity index (χ4n) is 0. The summed E-state index contributed by atoms with van der Waals surface area (Å²) in [6.45, 7) is 1.53. The molecule has 4 N–H and O–H groups in total. The first-order valence-corrected chi connectivity index (χ1v) is 6.75. The Morgan fingerprint density at radius 2 is 1.64 bits per heavy atom. The zero-order valence-corrected chi connectivity index (χ0v) is 8.37. The Bertz CT molecular complexity index is 243. The molecule has 11 heavy (non-hydrogen) atoms. The molecule has 0 saturated carbocycles. The van der Waals surface area contributed by atoms with Crippen LogP contribution in [0.15, 0.2) is 0 Å². The summed E-state index contributed by atoms with van der Waals surface area (Å²) in [5.41, 5.74) is 3.24. The molecule has 0 spiro atoms. The van der Waals surface area contributed by atoms with E-state index in [1.165, 1.54) is 6.92 Å². The van der Waals surface area contributed by atoms with Gasteiger partial charge in [-0.15, -0.1) is 0 Å². The monoisotopic (exact) mass is 341 g/mol. The van der Waals surface area contributed by atoms with Gasteiger partial charge in [0, 0.05) is 0 Å². The van der Waals surface area contributed by atoms with E-state index in [0.717, 1.165) is 0 Å².